The molecule has 1 aromatic rings. The van der Waals surface area contributed by atoms with Crippen LogP contribution in [0.4, 0.5) is 26.3 Å². The topological polar surface area (TPSA) is 54.4 Å². The number of alkyl halides is 6. The first-order valence-corrected chi connectivity index (χ1v) is 7.55. The lowest BCUT2D eigenvalue weighted by molar-refractivity contribution is -0.172. The average Bonchev–Trinajstić information content (AvgIpc) is 2.26. The normalized spacial score (nSPS) is 13.1. The van der Waals surface area contributed by atoms with Gasteiger partial charge in [0.1, 0.15) is 0 Å². The van der Waals surface area contributed by atoms with Gasteiger partial charge in [-0.15, -0.1) is 0 Å². The summed E-state index contributed by atoms with van der Waals surface area (Å²) < 4.78 is 107. The van der Waals surface area contributed by atoms with E-state index in [1.54, 1.807) is 0 Å². The van der Waals surface area contributed by atoms with Crippen LogP contribution in [0.25, 0.3) is 0 Å². The Labute approximate surface area is 129 Å². The molecule has 22 heavy (non-hydrogen) atoms. The summed E-state index contributed by atoms with van der Waals surface area (Å²) >= 11 is 3.00. The summed E-state index contributed by atoms with van der Waals surface area (Å²) in [6.45, 7) is 0. The fraction of sp³-hybridized carbons (Fsp3) is 0.273. The highest BCUT2D eigenvalue weighted by molar-refractivity contribution is 9.10. The molecular formula is C11H7BrF6O3S. The van der Waals surface area contributed by atoms with Gasteiger partial charge in [0.2, 0.25) is 0 Å². The molecule has 0 fully saturated rings. The number of halogens is 7. The molecule has 11 heteroatoms. The lowest BCUT2D eigenvalue weighted by Crippen LogP contribution is -2.30. The van der Waals surface area contributed by atoms with E-state index < -0.39 is 39.4 Å². The zero-order chi connectivity index (χ0) is 17.3. The molecule has 0 aliphatic rings. The molecule has 0 saturated heterocycles. The second-order valence-electron chi connectivity index (χ2n) is 4.07. The van der Waals surface area contributed by atoms with E-state index in [4.69, 9.17) is 4.55 Å². The SMILES string of the molecule is O=S(=O)(O)C(Cc1ccc(Br)cc1)=C(C(F)(F)F)C(F)(F)F. The summed E-state index contributed by atoms with van der Waals surface area (Å²) in [5, 5.41) is 0. The predicted octanol–water partition coefficient (Wildman–Crippen LogP) is 4.26. The quantitative estimate of drug-likeness (QED) is 0.596. The first-order chi connectivity index (χ1) is 9.73. The Balaban J connectivity index is 3.57. The maximum Gasteiger partial charge on any atom is 0.422 e. The van der Waals surface area contributed by atoms with Gasteiger partial charge in [-0.2, -0.15) is 34.8 Å². The molecular weight excluding hydrogens is 406 g/mol. The summed E-state index contributed by atoms with van der Waals surface area (Å²) in [6.07, 6.45) is -13.2. The van der Waals surface area contributed by atoms with Crippen LogP contribution in [0.1, 0.15) is 5.56 Å². The van der Waals surface area contributed by atoms with Crippen molar-refractivity contribution in [2.45, 2.75) is 18.8 Å². The van der Waals surface area contributed by atoms with Crippen LogP contribution in [0, 0.1) is 0 Å². The van der Waals surface area contributed by atoms with E-state index in [0.717, 1.165) is 12.1 Å². The second kappa shape index (κ2) is 6.20. The Morgan fingerprint density at radius 1 is 1.00 bits per heavy atom. The van der Waals surface area contributed by atoms with Crippen molar-refractivity contribution in [1.29, 1.82) is 0 Å². The van der Waals surface area contributed by atoms with Gasteiger partial charge in [0.25, 0.3) is 10.1 Å². The van der Waals surface area contributed by atoms with Gasteiger partial charge in [-0.1, -0.05) is 28.1 Å². The van der Waals surface area contributed by atoms with E-state index in [2.05, 4.69) is 15.9 Å². The first-order valence-electron chi connectivity index (χ1n) is 5.32. The van der Waals surface area contributed by atoms with Gasteiger partial charge < -0.3 is 0 Å². The van der Waals surface area contributed by atoms with E-state index in [1.165, 1.54) is 12.1 Å². The van der Waals surface area contributed by atoms with Gasteiger partial charge in [-0.05, 0) is 17.7 Å². The van der Waals surface area contributed by atoms with Crippen LogP contribution in [-0.4, -0.2) is 25.3 Å². The minimum absolute atomic E-state index is 0.151. The number of hydrogen-bond donors (Lipinski definition) is 1. The number of hydrogen-bond acceptors (Lipinski definition) is 2. The third kappa shape index (κ3) is 4.99. The molecule has 0 bridgehead atoms. The van der Waals surface area contributed by atoms with Gasteiger partial charge in [0.15, 0.2) is 5.57 Å². The number of rotatable bonds is 3. The van der Waals surface area contributed by atoms with Crippen molar-refractivity contribution in [3.8, 4) is 0 Å². The molecule has 1 N–H and O–H groups in total. The summed E-state index contributed by atoms with van der Waals surface area (Å²) in [4.78, 5) is -2.14. The van der Waals surface area contributed by atoms with Crippen LogP contribution in [0.5, 0.6) is 0 Å². The van der Waals surface area contributed by atoms with Gasteiger partial charge in [0.05, 0.1) is 4.91 Å². The molecule has 124 valence electrons. The Morgan fingerprint density at radius 2 is 1.41 bits per heavy atom. The highest BCUT2D eigenvalue weighted by atomic mass is 79.9. The van der Waals surface area contributed by atoms with Crippen LogP contribution in [0.2, 0.25) is 0 Å². The molecule has 0 atom stereocenters. The molecule has 3 nitrogen and oxygen atoms in total. The number of benzene rings is 1. The largest absolute Gasteiger partial charge is 0.422 e. The minimum Gasteiger partial charge on any atom is -0.282 e. The van der Waals surface area contributed by atoms with E-state index in [0.29, 0.717) is 4.47 Å². The van der Waals surface area contributed by atoms with E-state index >= 15 is 0 Å². The van der Waals surface area contributed by atoms with Crippen molar-refractivity contribution in [1.82, 2.24) is 0 Å². The van der Waals surface area contributed by atoms with Crippen molar-refractivity contribution in [2.75, 3.05) is 0 Å². The molecule has 1 rings (SSSR count). The van der Waals surface area contributed by atoms with Gasteiger partial charge in [-0.25, -0.2) is 0 Å². The third-order valence-corrected chi connectivity index (χ3v) is 3.93. The molecule has 0 radical (unpaired) electrons. The van der Waals surface area contributed by atoms with Crippen molar-refractivity contribution in [2.24, 2.45) is 0 Å². The summed E-state index contributed by atoms with van der Waals surface area (Å²) in [5.41, 5.74) is -3.40. The van der Waals surface area contributed by atoms with Crippen LogP contribution >= 0.6 is 15.9 Å². The van der Waals surface area contributed by atoms with Crippen molar-refractivity contribution < 1.29 is 39.3 Å². The monoisotopic (exact) mass is 412 g/mol. The molecule has 0 spiro atoms. The lowest BCUT2D eigenvalue weighted by atomic mass is 10.1. The minimum atomic E-state index is -5.99. The third-order valence-electron chi connectivity index (χ3n) is 2.44. The fourth-order valence-electron chi connectivity index (χ4n) is 1.57. The molecule has 0 heterocycles. The maximum absolute atomic E-state index is 12.6. The number of allylic oxidation sites excluding steroid dienone is 2. The Bertz CT molecular complexity index is 657. The summed E-state index contributed by atoms with van der Waals surface area (Å²) in [7, 11) is -5.71. The molecule has 1 aromatic carbocycles. The highest BCUT2D eigenvalue weighted by Gasteiger charge is 2.54. The summed E-state index contributed by atoms with van der Waals surface area (Å²) in [6, 6.07) is 4.86. The predicted molar refractivity (Wildman–Crippen MR) is 68.5 cm³/mol. The lowest BCUT2D eigenvalue weighted by Gasteiger charge is -2.18. The maximum atomic E-state index is 12.6. The van der Waals surface area contributed by atoms with Gasteiger partial charge >= 0.3 is 12.4 Å². The van der Waals surface area contributed by atoms with Crippen molar-refractivity contribution in [3.05, 3.63) is 44.8 Å². The average molecular weight is 413 g/mol. The van der Waals surface area contributed by atoms with Crippen LogP contribution in [0.15, 0.2) is 39.2 Å². The Hall–Kier alpha value is -1.07. The van der Waals surface area contributed by atoms with Crippen LogP contribution in [0.3, 0.4) is 0 Å². The van der Waals surface area contributed by atoms with Crippen molar-refractivity contribution in [3.63, 3.8) is 0 Å². The van der Waals surface area contributed by atoms with E-state index in [-0.39, 0.29) is 5.56 Å². The smallest absolute Gasteiger partial charge is 0.282 e. The fourth-order valence-corrected chi connectivity index (χ4v) is 2.68. The zero-order valence-electron chi connectivity index (χ0n) is 10.3. The van der Waals surface area contributed by atoms with Gasteiger partial charge in [-0.3, -0.25) is 4.55 Å². The molecule has 0 aliphatic carbocycles. The molecule has 0 unspecified atom stereocenters. The Morgan fingerprint density at radius 3 is 1.73 bits per heavy atom. The second-order valence-corrected chi connectivity index (χ2v) is 6.43. The molecule has 0 aliphatic heterocycles. The van der Waals surface area contributed by atoms with Crippen molar-refractivity contribution >= 4 is 26.0 Å². The van der Waals surface area contributed by atoms with E-state index in [9.17, 15) is 34.8 Å². The molecule has 0 amide bonds. The molecule has 0 aromatic heterocycles. The Kier molecular flexibility index (Phi) is 5.35. The van der Waals surface area contributed by atoms with Crippen LogP contribution in [-0.2, 0) is 16.5 Å². The molecule has 0 saturated carbocycles. The van der Waals surface area contributed by atoms with Gasteiger partial charge in [0, 0.05) is 10.9 Å². The first kappa shape index (κ1) is 19.0. The van der Waals surface area contributed by atoms with Crippen LogP contribution < -0.4 is 0 Å². The standard InChI is InChI=1S/C11H7BrF6O3S/c12-7-3-1-6(2-4-7)5-8(22(19,20)21)9(10(13,14)15)11(16,17)18/h1-4H,5H2,(H,19,20,21). The summed E-state index contributed by atoms with van der Waals surface area (Å²) in [5.74, 6) is 0. The zero-order valence-corrected chi connectivity index (χ0v) is 12.7. The van der Waals surface area contributed by atoms with E-state index in [1.807, 2.05) is 0 Å². The highest BCUT2D eigenvalue weighted by Crippen LogP contribution is 2.42.